The Labute approximate surface area is 115 Å². The molecular weight excluding hydrogens is 267 g/mol. The van der Waals surface area contributed by atoms with Gasteiger partial charge in [0.1, 0.15) is 0 Å². The maximum atomic E-state index is 11.9. The Morgan fingerprint density at radius 3 is 2.50 bits per heavy atom. The highest BCUT2D eigenvalue weighted by molar-refractivity contribution is 6.60. The number of hydrogen-bond acceptors (Lipinski definition) is 6. The van der Waals surface area contributed by atoms with Crippen LogP contribution in [0.3, 0.4) is 0 Å². The number of amides is 1. The first-order valence-electron chi connectivity index (χ1n) is 5.76. The fourth-order valence-corrected chi connectivity index (χ4v) is 1.49. The molecule has 1 amide bonds. The van der Waals surface area contributed by atoms with Crippen LogP contribution >= 0.6 is 0 Å². The van der Waals surface area contributed by atoms with Crippen molar-refractivity contribution in [1.29, 1.82) is 0 Å². The molecule has 0 aliphatic carbocycles. The molecule has 9 heteroatoms. The van der Waals surface area contributed by atoms with E-state index >= 15 is 0 Å². The molecule has 0 aliphatic rings. The molecule has 108 valence electrons. The Morgan fingerprint density at radius 2 is 2.05 bits per heavy atom. The minimum Gasteiger partial charge on any atom is -0.423 e. The van der Waals surface area contributed by atoms with Crippen LogP contribution in [0.4, 0.5) is 5.69 Å². The Kier molecular flexibility index (Phi) is 4.82. The van der Waals surface area contributed by atoms with Crippen molar-refractivity contribution in [3.05, 3.63) is 33.9 Å². The lowest BCUT2D eigenvalue weighted by Crippen LogP contribution is -2.46. The first-order chi connectivity index (χ1) is 9.18. The van der Waals surface area contributed by atoms with Gasteiger partial charge in [0.2, 0.25) is 0 Å². The minimum atomic E-state index is -2.06. The molecule has 0 fully saturated rings. The summed E-state index contributed by atoms with van der Waals surface area (Å²) in [5, 5.41) is 40.5. The normalized spacial score (nSPS) is 11.1. The second-order valence-electron chi connectivity index (χ2n) is 4.90. The van der Waals surface area contributed by atoms with Crippen LogP contribution in [0.25, 0.3) is 0 Å². The van der Waals surface area contributed by atoms with E-state index in [0.717, 1.165) is 12.1 Å². The van der Waals surface area contributed by atoms with Gasteiger partial charge in [0.25, 0.3) is 11.6 Å². The summed E-state index contributed by atoms with van der Waals surface area (Å²) >= 11 is 0. The van der Waals surface area contributed by atoms with Gasteiger partial charge in [0, 0.05) is 11.6 Å². The highest BCUT2D eigenvalue weighted by Crippen LogP contribution is 2.12. The molecule has 0 unspecified atom stereocenters. The van der Waals surface area contributed by atoms with Crippen molar-refractivity contribution in [2.45, 2.75) is 19.4 Å². The predicted octanol–water partition coefficient (Wildman–Crippen LogP) is -1.22. The highest BCUT2D eigenvalue weighted by atomic mass is 16.6. The number of aliphatic hydroxyl groups excluding tert-OH is 1. The van der Waals surface area contributed by atoms with Crippen LogP contribution in [0, 0.1) is 10.1 Å². The molecule has 0 saturated carbocycles. The molecule has 8 nitrogen and oxygen atoms in total. The predicted molar refractivity (Wildman–Crippen MR) is 71.6 cm³/mol. The van der Waals surface area contributed by atoms with Crippen molar-refractivity contribution < 1.29 is 24.9 Å². The number of nitro groups is 1. The quantitative estimate of drug-likeness (QED) is 0.304. The zero-order valence-electron chi connectivity index (χ0n) is 11.0. The lowest BCUT2D eigenvalue weighted by Gasteiger charge is -2.23. The lowest BCUT2D eigenvalue weighted by molar-refractivity contribution is -0.383. The fraction of sp³-hybridized carbons (Fsp3) is 0.364. The standard InChI is InChI=1S/C11H15BN2O6/c1-11(2,6-15)13-10(16)7-3-4-9(14(19)20)8(5-7)12(17)18/h3-5,15,17-18H,6H2,1-2H3,(H,13,16). The number of rotatable bonds is 5. The van der Waals surface area contributed by atoms with Crippen molar-refractivity contribution in [3.63, 3.8) is 0 Å². The first-order valence-corrected chi connectivity index (χ1v) is 5.76. The second-order valence-corrected chi connectivity index (χ2v) is 4.90. The van der Waals surface area contributed by atoms with Gasteiger partial charge in [-0.15, -0.1) is 0 Å². The minimum absolute atomic E-state index is 0.0280. The SMILES string of the molecule is CC(C)(CO)NC(=O)c1ccc([N+](=O)[O-])c(B(O)O)c1. The summed E-state index contributed by atoms with van der Waals surface area (Å²) in [6.07, 6.45) is 0. The number of nitrogens with zero attached hydrogens (tertiary/aromatic N) is 1. The first kappa shape index (κ1) is 16.1. The van der Waals surface area contributed by atoms with E-state index in [2.05, 4.69) is 5.32 Å². The van der Waals surface area contributed by atoms with Gasteiger partial charge in [-0.2, -0.15) is 0 Å². The Hall–Kier alpha value is -1.97. The average molecular weight is 282 g/mol. The lowest BCUT2D eigenvalue weighted by atomic mass is 9.78. The molecule has 0 aliphatic heterocycles. The van der Waals surface area contributed by atoms with Gasteiger partial charge >= 0.3 is 7.12 Å². The summed E-state index contributed by atoms with van der Waals surface area (Å²) in [6.45, 7) is 2.90. The zero-order valence-corrected chi connectivity index (χ0v) is 11.0. The summed E-state index contributed by atoms with van der Waals surface area (Å²) in [5.74, 6) is -0.583. The van der Waals surface area contributed by atoms with Crippen LogP contribution in [-0.4, -0.2) is 45.2 Å². The van der Waals surface area contributed by atoms with Gasteiger partial charge in [0.15, 0.2) is 0 Å². The third-order valence-electron chi connectivity index (χ3n) is 2.61. The Morgan fingerprint density at radius 1 is 1.45 bits per heavy atom. The number of nitro benzene ring substituents is 1. The van der Waals surface area contributed by atoms with E-state index in [-0.39, 0.29) is 17.6 Å². The van der Waals surface area contributed by atoms with Crippen LogP contribution < -0.4 is 10.8 Å². The Balaban J connectivity index is 3.12. The van der Waals surface area contributed by atoms with E-state index in [9.17, 15) is 14.9 Å². The molecule has 0 heterocycles. The van der Waals surface area contributed by atoms with Crippen LogP contribution in [0.2, 0.25) is 0 Å². The monoisotopic (exact) mass is 282 g/mol. The summed E-state index contributed by atoms with van der Waals surface area (Å²) in [5.41, 5.74) is -1.70. The molecule has 0 atom stereocenters. The molecule has 1 aromatic carbocycles. The number of benzene rings is 1. The molecule has 0 spiro atoms. The second kappa shape index (κ2) is 5.99. The number of aliphatic hydroxyl groups is 1. The molecule has 20 heavy (non-hydrogen) atoms. The van der Waals surface area contributed by atoms with Crippen molar-refractivity contribution in [2.24, 2.45) is 0 Å². The maximum Gasteiger partial charge on any atom is 0.495 e. The average Bonchev–Trinajstić information content (AvgIpc) is 2.37. The van der Waals surface area contributed by atoms with Crippen LogP contribution in [-0.2, 0) is 0 Å². The molecule has 4 N–H and O–H groups in total. The van der Waals surface area contributed by atoms with Crippen molar-refractivity contribution in [2.75, 3.05) is 6.61 Å². The molecule has 1 rings (SSSR count). The zero-order chi connectivity index (χ0) is 15.5. The molecule has 0 saturated heterocycles. The van der Waals surface area contributed by atoms with E-state index in [4.69, 9.17) is 15.2 Å². The van der Waals surface area contributed by atoms with Crippen molar-refractivity contribution >= 4 is 24.2 Å². The van der Waals surface area contributed by atoms with Crippen LogP contribution in [0.15, 0.2) is 18.2 Å². The van der Waals surface area contributed by atoms with E-state index < -0.39 is 29.2 Å². The number of carbonyl (C=O) groups excluding carboxylic acids is 1. The maximum absolute atomic E-state index is 11.9. The van der Waals surface area contributed by atoms with Gasteiger partial charge in [-0.05, 0) is 26.0 Å². The molecule has 1 aromatic rings. The summed E-state index contributed by atoms with van der Waals surface area (Å²) in [4.78, 5) is 21.9. The molecule has 0 bridgehead atoms. The molecule has 0 aromatic heterocycles. The van der Waals surface area contributed by atoms with E-state index in [1.165, 1.54) is 6.07 Å². The summed E-state index contributed by atoms with van der Waals surface area (Å²) in [7, 11) is -2.06. The van der Waals surface area contributed by atoms with Gasteiger partial charge in [-0.25, -0.2) is 0 Å². The highest BCUT2D eigenvalue weighted by Gasteiger charge is 2.26. The molecular formula is C11H15BN2O6. The van der Waals surface area contributed by atoms with Gasteiger partial charge in [0.05, 0.1) is 22.5 Å². The number of carbonyl (C=O) groups is 1. The third-order valence-corrected chi connectivity index (χ3v) is 2.61. The van der Waals surface area contributed by atoms with E-state index in [1.54, 1.807) is 13.8 Å². The van der Waals surface area contributed by atoms with Crippen LogP contribution in [0.5, 0.6) is 0 Å². The number of nitrogens with one attached hydrogen (secondary N) is 1. The van der Waals surface area contributed by atoms with E-state index in [1.807, 2.05) is 0 Å². The molecule has 0 radical (unpaired) electrons. The topological polar surface area (TPSA) is 133 Å². The van der Waals surface area contributed by atoms with E-state index in [0.29, 0.717) is 0 Å². The smallest absolute Gasteiger partial charge is 0.423 e. The third kappa shape index (κ3) is 3.76. The summed E-state index contributed by atoms with van der Waals surface area (Å²) < 4.78 is 0. The summed E-state index contributed by atoms with van der Waals surface area (Å²) in [6, 6.07) is 3.26. The van der Waals surface area contributed by atoms with Gasteiger partial charge in [-0.1, -0.05) is 0 Å². The number of hydrogen-bond donors (Lipinski definition) is 4. The van der Waals surface area contributed by atoms with Crippen molar-refractivity contribution in [1.82, 2.24) is 5.32 Å². The Bertz CT molecular complexity index is 532. The van der Waals surface area contributed by atoms with Crippen LogP contribution in [0.1, 0.15) is 24.2 Å². The van der Waals surface area contributed by atoms with Gasteiger partial charge in [-0.3, -0.25) is 14.9 Å². The largest absolute Gasteiger partial charge is 0.495 e. The van der Waals surface area contributed by atoms with Crippen molar-refractivity contribution in [3.8, 4) is 0 Å². The fourth-order valence-electron chi connectivity index (χ4n) is 1.49. The van der Waals surface area contributed by atoms with Gasteiger partial charge < -0.3 is 20.5 Å².